The van der Waals surface area contributed by atoms with Gasteiger partial charge in [-0.2, -0.15) is 0 Å². The number of allylic oxidation sites excluding steroid dienone is 2. The predicted octanol–water partition coefficient (Wildman–Crippen LogP) is 2.17. The van der Waals surface area contributed by atoms with Gasteiger partial charge in [0.05, 0.1) is 0 Å². The molecule has 0 unspecified atom stereocenters. The van der Waals surface area contributed by atoms with Gasteiger partial charge >= 0.3 is 0 Å². The van der Waals surface area contributed by atoms with Crippen LogP contribution in [0.1, 0.15) is 26.7 Å². The Hall–Kier alpha value is -0.920. The lowest BCUT2D eigenvalue weighted by Gasteiger charge is -1.99. The van der Waals surface area contributed by atoms with Crippen LogP contribution in [0.25, 0.3) is 0 Å². The average Bonchev–Trinajstić information content (AvgIpc) is 2.13. The summed E-state index contributed by atoms with van der Waals surface area (Å²) in [6.07, 6.45) is 5.55. The third kappa shape index (κ3) is 1.53. The Balaban J connectivity index is 2.82. The fourth-order valence-electron chi connectivity index (χ4n) is 0.969. The molecule has 0 spiro atoms. The van der Waals surface area contributed by atoms with Crippen LogP contribution in [0.3, 0.4) is 0 Å². The van der Waals surface area contributed by atoms with Crippen molar-refractivity contribution in [3.63, 3.8) is 0 Å². The molecule has 0 fully saturated rings. The van der Waals surface area contributed by atoms with Gasteiger partial charge in [-0.1, -0.05) is 6.92 Å². The van der Waals surface area contributed by atoms with Crippen LogP contribution in [0, 0.1) is 0 Å². The summed E-state index contributed by atoms with van der Waals surface area (Å²) in [5, 5.41) is 0. The molecular formula is C8H12N2. The molecule has 0 atom stereocenters. The fraction of sp³-hybridized carbons (Fsp3) is 0.500. The second-order valence-corrected chi connectivity index (χ2v) is 2.32. The molecule has 2 nitrogen and oxygen atoms in total. The minimum atomic E-state index is 0.961. The van der Waals surface area contributed by atoms with E-state index in [0.29, 0.717) is 0 Å². The number of hydrogen-bond donors (Lipinski definition) is 0. The minimum Gasteiger partial charge on any atom is -0.249 e. The highest BCUT2D eigenvalue weighted by molar-refractivity contribution is 5.76. The van der Waals surface area contributed by atoms with Crippen molar-refractivity contribution in [2.45, 2.75) is 26.7 Å². The van der Waals surface area contributed by atoms with Gasteiger partial charge in [-0.3, -0.25) is 0 Å². The molecule has 10 heavy (non-hydrogen) atoms. The maximum Gasteiger partial charge on any atom is 0.115 e. The van der Waals surface area contributed by atoms with Crippen molar-refractivity contribution in [3.8, 4) is 0 Å². The van der Waals surface area contributed by atoms with E-state index in [9.17, 15) is 0 Å². The van der Waals surface area contributed by atoms with Gasteiger partial charge in [0.15, 0.2) is 0 Å². The van der Waals surface area contributed by atoms with Crippen LogP contribution in [0.4, 0.5) is 0 Å². The SMILES string of the molecule is CCC1=C(C)N=CN=CC1. The number of hydrogen-bond acceptors (Lipinski definition) is 2. The summed E-state index contributed by atoms with van der Waals surface area (Å²) in [5.74, 6) is 0. The Morgan fingerprint density at radius 2 is 2.40 bits per heavy atom. The summed E-state index contributed by atoms with van der Waals surface area (Å²) < 4.78 is 0. The molecule has 0 radical (unpaired) electrons. The molecule has 0 amide bonds. The minimum absolute atomic E-state index is 0.961. The fourth-order valence-corrected chi connectivity index (χ4v) is 0.969. The van der Waals surface area contributed by atoms with Crippen LogP contribution < -0.4 is 0 Å². The quantitative estimate of drug-likeness (QED) is 0.527. The molecule has 0 saturated carbocycles. The lowest BCUT2D eigenvalue weighted by molar-refractivity contribution is 1.01. The second kappa shape index (κ2) is 3.30. The summed E-state index contributed by atoms with van der Waals surface area (Å²) in [6.45, 7) is 4.18. The normalized spacial score (nSPS) is 17.8. The molecule has 0 aromatic carbocycles. The number of aliphatic imine (C=N–C) groups is 2. The second-order valence-electron chi connectivity index (χ2n) is 2.32. The molecule has 0 bridgehead atoms. The molecule has 2 heteroatoms. The van der Waals surface area contributed by atoms with Crippen LogP contribution in [-0.2, 0) is 0 Å². The smallest absolute Gasteiger partial charge is 0.115 e. The molecular weight excluding hydrogens is 124 g/mol. The van der Waals surface area contributed by atoms with Crippen molar-refractivity contribution in [1.29, 1.82) is 0 Å². The Labute approximate surface area is 61.4 Å². The molecule has 1 heterocycles. The zero-order valence-electron chi connectivity index (χ0n) is 6.46. The van der Waals surface area contributed by atoms with Gasteiger partial charge in [0.25, 0.3) is 0 Å². The summed E-state index contributed by atoms with van der Waals surface area (Å²) in [4.78, 5) is 8.09. The van der Waals surface area contributed by atoms with Crippen molar-refractivity contribution in [2.24, 2.45) is 9.98 Å². The molecule has 54 valence electrons. The maximum absolute atomic E-state index is 4.13. The highest BCUT2D eigenvalue weighted by Crippen LogP contribution is 2.13. The van der Waals surface area contributed by atoms with E-state index < -0.39 is 0 Å². The van der Waals surface area contributed by atoms with Crippen molar-refractivity contribution in [1.82, 2.24) is 0 Å². The maximum atomic E-state index is 4.13. The summed E-state index contributed by atoms with van der Waals surface area (Å²) in [5.41, 5.74) is 2.51. The molecule has 0 aliphatic carbocycles. The highest BCUT2D eigenvalue weighted by Gasteiger charge is 1.98. The first kappa shape index (κ1) is 7.19. The Morgan fingerprint density at radius 1 is 1.60 bits per heavy atom. The van der Waals surface area contributed by atoms with Crippen molar-refractivity contribution in [2.75, 3.05) is 0 Å². The van der Waals surface area contributed by atoms with Gasteiger partial charge in [-0.15, -0.1) is 0 Å². The van der Waals surface area contributed by atoms with E-state index in [0.717, 1.165) is 18.5 Å². The van der Waals surface area contributed by atoms with Gasteiger partial charge < -0.3 is 0 Å². The molecule has 1 aliphatic rings. The molecule has 1 aliphatic heterocycles. The summed E-state index contributed by atoms with van der Waals surface area (Å²) in [6, 6.07) is 0. The molecule has 0 aromatic heterocycles. The van der Waals surface area contributed by atoms with Gasteiger partial charge in [-0.05, 0) is 18.9 Å². The van der Waals surface area contributed by atoms with Crippen LogP contribution in [0.5, 0.6) is 0 Å². The topological polar surface area (TPSA) is 24.7 Å². The van der Waals surface area contributed by atoms with Crippen molar-refractivity contribution >= 4 is 12.6 Å². The third-order valence-electron chi connectivity index (χ3n) is 1.70. The predicted molar refractivity (Wildman–Crippen MR) is 44.6 cm³/mol. The lowest BCUT2D eigenvalue weighted by Crippen LogP contribution is -1.84. The van der Waals surface area contributed by atoms with E-state index in [2.05, 4.69) is 16.9 Å². The van der Waals surface area contributed by atoms with Crippen LogP contribution in [0.15, 0.2) is 21.3 Å². The first-order chi connectivity index (χ1) is 4.84. The van der Waals surface area contributed by atoms with Crippen LogP contribution in [0.2, 0.25) is 0 Å². The first-order valence-electron chi connectivity index (χ1n) is 3.57. The van der Waals surface area contributed by atoms with E-state index in [-0.39, 0.29) is 0 Å². The van der Waals surface area contributed by atoms with E-state index in [1.807, 2.05) is 13.1 Å². The number of nitrogens with zero attached hydrogens (tertiary/aromatic N) is 2. The zero-order valence-corrected chi connectivity index (χ0v) is 6.46. The van der Waals surface area contributed by atoms with Crippen molar-refractivity contribution < 1.29 is 0 Å². The first-order valence-corrected chi connectivity index (χ1v) is 3.57. The Morgan fingerprint density at radius 3 is 3.10 bits per heavy atom. The van der Waals surface area contributed by atoms with E-state index in [1.54, 1.807) is 6.34 Å². The van der Waals surface area contributed by atoms with Crippen LogP contribution in [-0.4, -0.2) is 12.6 Å². The van der Waals surface area contributed by atoms with Gasteiger partial charge in [-0.25, -0.2) is 9.98 Å². The number of rotatable bonds is 1. The van der Waals surface area contributed by atoms with E-state index in [4.69, 9.17) is 0 Å². The lowest BCUT2D eigenvalue weighted by atomic mass is 10.1. The third-order valence-corrected chi connectivity index (χ3v) is 1.70. The highest BCUT2D eigenvalue weighted by atomic mass is 14.9. The van der Waals surface area contributed by atoms with Gasteiger partial charge in [0.1, 0.15) is 6.34 Å². The average molecular weight is 136 g/mol. The molecule has 0 saturated heterocycles. The van der Waals surface area contributed by atoms with E-state index in [1.165, 1.54) is 5.57 Å². The molecule has 0 aromatic rings. The summed E-state index contributed by atoms with van der Waals surface area (Å²) >= 11 is 0. The van der Waals surface area contributed by atoms with Crippen molar-refractivity contribution in [3.05, 3.63) is 11.3 Å². The van der Waals surface area contributed by atoms with Gasteiger partial charge in [0.2, 0.25) is 0 Å². The Bertz CT molecular complexity index is 199. The monoisotopic (exact) mass is 136 g/mol. The molecule has 0 N–H and O–H groups in total. The standard InChI is InChI=1S/C8H12N2/c1-3-8-4-5-9-6-10-7(8)2/h5-6H,3-4H2,1-2H3. The zero-order chi connectivity index (χ0) is 7.40. The molecule has 1 rings (SSSR count). The largest absolute Gasteiger partial charge is 0.249 e. The van der Waals surface area contributed by atoms with Gasteiger partial charge in [0, 0.05) is 18.3 Å². The Kier molecular flexibility index (Phi) is 2.37. The van der Waals surface area contributed by atoms with E-state index >= 15 is 0 Å². The van der Waals surface area contributed by atoms with Crippen LogP contribution >= 0.6 is 0 Å². The summed E-state index contributed by atoms with van der Waals surface area (Å²) in [7, 11) is 0.